The van der Waals surface area contributed by atoms with Crippen molar-refractivity contribution >= 4 is 21.6 Å². The van der Waals surface area contributed by atoms with Crippen LogP contribution in [-0.4, -0.2) is 44.8 Å². The zero-order valence-corrected chi connectivity index (χ0v) is 15.0. The molecule has 1 aromatic rings. The van der Waals surface area contributed by atoms with Gasteiger partial charge >= 0.3 is 0 Å². The van der Waals surface area contributed by atoms with E-state index in [1.54, 1.807) is 12.1 Å². The number of hydrogen-bond acceptors (Lipinski definition) is 4. The predicted molar refractivity (Wildman–Crippen MR) is 93.2 cm³/mol. The number of anilines is 1. The van der Waals surface area contributed by atoms with E-state index in [1.807, 2.05) is 0 Å². The van der Waals surface area contributed by atoms with Crippen molar-refractivity contribution in [3.63, 3.8) is 0 Å². The first kappa shape index (κ1) is 17.4. The SMILES string of the molecule is CN(C)S(=O)(=O)c1cccc(NC(=O)C2CC3CCCCC3N2)c1. The molecule has 2 N–H and O–H groups in total. The van der Waals surface area contributed by atoms with Crippen molar-refractivity contribution in [1.29, 1.82) is 0 Å². The fourth-order valence-corrected chi connectivity index (χ4v) is 4.64. The molecule has 1 aromatic carbocycles. The minimum Gasteiger partial charge on any atom is -0.325 e. The van der Waals surface area contributed by atoms with Gasteiger partial charge in [-0.05, 0) is 43.4 Å². The molecule has 1 saturated heterocycles. The summed E-state index contributed by atoms with van der Waals surface area (Å²) in [4.78, 5) is 12.7. The number of rotatable bonds is 4. The largest absolute Gasteiger partial charge is 0.325 e. The third kappa shape index (κ3) is 3.48. The van der Waals surface area contributed by atoms with Gasteiger partial charge in [0.05, 0.1) is 10.9 Å². The van der Waals surface area contributed by atoms with Crippen molar-refractivity contribution in [3.8, 4) is 0 Å². The average molecular weight is 351 g/mol. The Morgan fingerprint density at radius 1 is 1.25 bits per heavy atom. The second kappa shape index (κ2) is 6.82. The van der Waals surface area contributed by atoms with Crippen LogP contribution in [0.1, 0.15) is 32.1 Å². The van der Waals surface area contributed by atoms with Gasteiger partial charge in [-0.2, -0.15) is 0 Å². The van der Waals surface area contributed by atoms with Crippen LogP contribution in [0.5, 0.6) is 0 Å². The standard InChI is InChI=1S/C17H25N3O3S/c1-20(2)24(22,23)14-8-5-7-13(11-14)18-17(21)16-10-12-6-3-4-9-15(12)19-16/h5,7-8,11-12,15-16,19H,3-4,6,9-10H2,1-2H3,(H,18,21). The first-order valence-corrected chi connectivity index (χ1v) is 9.91. The molecule has 3 unspecified atom stereocenters. The highest BCUT2D eigenvalue weighted by atomic mass is 32.2. The second-order valence-electron chi connectivity index (χ2n) is 6.91. The maximum Gasteiger partial charge on any atom is 0.242 e. The molecule has 2 fully saturated rings. The third-order valence-corrected chi connectivity index (χ3v) is 6.87. The van der Waals surface area contributed by atoms with Gasteiger partial charge in [0.25, 0.3) is 0 Å². The van der Waals surface area contributed by atoms with Crippen LogP contribution < -0.4 is 10.6 Å². The topological polar surface area (TPSA) is 78.5 Å². The minimum atomic E-state index is -3.51. The summed E-state index contributed by atoms with van der Waals surface area (Å²) in [6.45, 7) is 0. The number of fused-ring (bicyclic) bond motifs is 1. The van der Waals surface area contributed by atoms with E-state index in [1.165, 1.54) is 45.5 Å². The van der Waals surface area contributed by atoms with E-state index in [-0.39, 0.29) is 16.8 Å². The predicted octanol–water partition coefficient (Wildman–Crippen LogP) is 1.80. The molecule has 132 valence electrons. The molecule has 7 heteroatoms. The highest BCUT2D eigenvalue weighted by Gasteiger charge is 2.38. The molecule has 6 nitrogen and oxygen atoms in total. The number of nitrogens with one attached hydrogen (secondary N) is 2. The van der Waals surface area contributed by atoms with Gasteiger partial charge in [0, 0.05) is 25.8 Å². The second-order valence-corrected chi connectivity index (χ2v) is 9.06. The molecule has 0 radical (unpaired) electrons. The number of sulfonamides is 1. The molecule has 3 atom stereocenters. The molecule has 24 heavy (non-hydrogen) atoms. The number of nitrogens with zero attached hydrogens (tertiary/aromatic N) is 1. The molecular formula is C17H25N3O3S. The van der Waals surface area contributed by atoms with Crippen LogP contribution in [0, 0.1) is 5.92 Å². The zero-order chi connectivity index (χ0) is 17.3. The van der Waals surface area contributed by atoms with Crippen LogP contribution in [0.3, 0.4) is 0 Å². The molecule has 0 aromatic heterocycles. The van der Waals surface area contributed by atoms with Gasteiger partial charge in [0.15, 0.2) is 0 Å². The highest BCUT2D eigenvalue weighted by molar-refractivity contribution is 7.89. The summed E-state index contributed by atoms with van der Waals surface area (Å²) < 4.78 is 25.6. The summed E-state index contributed by atoms with van der Waals surface area (Å²) in [7, 11) is -0.523. The maximum atomic E-state index is 12.5. The van der Waals surface area contributed by atoms with Gasteiger partial charge in [0.1, 0.15) is 0 Å². The summed E-state index contributed by atoms with van der Waals surface area (Å²) >= 11 is 0. The lowest BCUT2D eigenvalue weighted by atomic mass is 9.85. The summed E-state index contributed by atoms with van der Waals surface area (Å²) in [5.74, 6) is 0.513. The van der Waals surface area contributed by atoms with Gasteiger partial charge in [0.2, 0.25) is 15.9 Å². The van der Waals surface area contributed by atoms with E-state index in [9.17, 15) is 13.2 Å². The summed E-state index contributed by atoms with van der Waals surface area (Å²) in [5.41, 5.74) is 0.514. The number of benzene rings is 1. The minimum absolute atomic E-state index is 0.0798. The van der Waals surface area contributed by atoms with E-state index < -0.39 is 10.0 Å². The Balaban J connectivity index is 1.69. The molecule has 2 aliphatic rings. The van der Waals surface area contributed by atoms with Crippen LogP contribution in [0.2, 0.25) is 0 Å². The molecule has 1 aliphatic heterocycles. The monoisotopic (exact) mass is 351 g/mol. The lowest BCUT2D eigenvalue weighted by molar-refractivity contribution is -0.117. The molecule has 1 aliphatic carbocycles. The fraction of sp³-hybridized carbons (Fsp3) is 0.588. The van der Waals surface area contributed by atoms with Crippen LogP contribution in [0.4, 0.5) is 5.69 Å². The Bertz CT molecular complexity index is 704. The summed E-state index contributed by atoms with van der Waals surface area (Å²) in [5, 5.41) is 6.30. The van der Waals surface area contributed by atoms with Crippen molar-refractivity contribution in [1.82, 2.24) is 9.62 Å². The molecular weight excluding hydrogens is 326 g/mol. The average Bonchev–Trinajstić information content (AvgIpc) is 2.99. The van der Waals surface area contributed by atoms with E-state index in [4.69, 9.17) is 0 Å². The summed E-state index contributed by atoms with van der Waals surface area (Å²) in [6, 6.07) is 6.67. The fourth-order valence-electron chi connectivity index (χ4n) is 3.70. The molecule has 1 saturated carbocycles. The Morgan fingerprint density at radius 3 is 2.71 bits per heavy atom. The van der Waals surface area contributed by atoms with E-state index >= 15 is 0 Å². The van der Waals surface area contributed by atoms with Crippen LogP contribution >= 0.6 is 0 Å². The van der Waals surface area contributed by atoms with Gasteiger partial charge in [-0.3, -0.25) is 4.79 Å². The number of carbonyl (C=O) groups excluding carboxylic acids is 1. The molecule has 0 bridgehead atoms. The Kier molecular flexibility index (Phi) is 4.94. The molecule has 1 heterocycles. The Hall–Kier alpha value is -1.44. The first-order valence-electron chi connectivity index (χ1n) is 8.47. The number of amides is 1. The Morgan fingerprint density at radius 2 is 2.00 bits per heavy atom. The lowest BCUT2D eigenvalue weighted by Gasteiger charge is -2.24. The maximum absolute atomic E-state index is 12.5. The molecule has 0 spiro atoms. The van der Waals surface area contributed by atoms with Crippen LogP contribution in [0.25, 0.3) is 0 Å². The van der Waals surface area contributed by atoms with Gasteiger partial charge in [-0.1, -0.05) is 18.9 Å². The lowest BCUT2D eigenvalue weighted by Crippen LogP contribution is -2.39. The van der Waals surface area contributed by atoms with Crippen molar-refractivity contribution in [2.45, 2.75) is 49.1 Å². The van der Waals surface area contributed by atoms with E-state index in [2.05, 4.69) is 10.6 Å². The van der Waals surface area contributed by atoms with Crippen molar-refractivity contribution in [3.05, 3.63) is 24.3 Å². The van der Waals surface area contributed by atoms with Gasteiger partial charge < -0.3 is 10.6 Å². The van der Waals surface area contributed by atoms with Crippen LogP contribution in [-0.2, 0) is 14.8 Å². The summed E-state index contributed by atoms with van der Waals surface area (Å²) in [6.07, 6.45) is 5.68. The third-order valence-electron chi connectivity index (χ3n) is 5.06. The molecule has 3 rings (SSSR count). The van der Waals surface area contributed by atoms with Crippen molar-refractivity contribution in [2.75, 3.05) is 19.4 Å². The Labute approximate surface area is 143 Å². The van der Waals surface area contributed by atoms with Crippen molar-refractivity contribution in [2.24, 2.45) is 5.92 Å². The van der Waals surface area contributed by atoms with Gasteiger partial charge in [-0.15, -0.1) is 0 Å². The van der Waals surface area contributed by atoms with Crippen molar-refractivity contribution < 1.29 is 13.2 Å². The zero-order valence-electron chi connectivity index (χ0n) is 14.2. The van der Waals surface area contributed by atoms with Crippen LogP contribution in [0.15, 0.2) is 29.2 Å². The quantitative estimate of drug-likeness (QED) is 0.867. The number of carbonyl (C=O) groups is 1. The molecule has 1 amide bonds. The van der Waals surface area contributed by atoms with E-state index in [0.717, 1.165) is 17.1 Å². The van der Waals surface area contributed by atoms with E-state index in [0.29, 0.717) is 17.6 Å². The number of hydrogen-bond donors (Lipinski definition) is 2. The highest BCUT2D eigenvalue weighted by Crippen LogP contribution is 2.33. The van der Waals surface area contributed by atoms with Gasteiger partial charge in [-0.25, -0.2) is 12.7 Å². The normalized spacial score (nSPS) is 27.0. The smallest absolute Gasteiger partial charge is 0.242 e. The first-order chi connectivity index (χ1) is 11.4.